The maximum Gasteiger partial charge on any atom is 0.307 e. The van der Waals surface area contributed by atoms with Gasteiger partial charge in [-0.3, -0.25) is 4.79 Å². The lowest BCUT2D eigenvalue weighted by Crippen LogP contribution is -2.02. The van der Waals surface area contributed by atoms with Crippen LogP contribution in [0.3, 0.4) is 0 Å². The van der Waals surface area contributed by atoms with Gasteiger partial charge in [0.15, 0.2) is 0 Å². The monoisotopic (exact) mass is 233 g/mol. The molecule has 0 saturated carbocycles. The molecule has 0 saturated heterocycles. The Morgan fingerprint density at radius 3 is 3.00 bits per heavy atom. The van der Waals surface area contributed by atoms with Crippen molar-refractivity contribution in [1.29, 1.82) is 0 Å². The van der Waals surface area contributed by atoms with Gasteiger partial charge in [0.1, 0.15) is 5.82 Å². The summed E-state index contributed by atoms with van der Waals surface area (Å²) in [6, 6.07) is 3.96. The molecule has 1 rings (SSSR count). The Labute approximate surface area is 96.5 Å². The molecular weight excluding hydrogens is 225 g/mol. The van der Waals surface area contributed by atoms with E-state index in [0.29, 0.717) is 5.56 Å². The lowest BCUT2D eigenvalue weighted by molar-refractivity contribution is -0.136. The van der Waals surface area contributed by atoms with Gasteiger partial charge in [-0.15, -0.1) is 0 Å². The van der Waals surface area contributed by atoms with E-state index in [4.69, 9.17) is 10.6 Å². The third-order valence-electron chi connectivity index (χ3n) is 1.83. The third-order valence-corrected chi connectivity index (χ3v) is 1.83. The van der Waals surface area contributed by atoms with E-state index >= 15 is 0 Å². The quantitative estimate of drug-likeness (QED) is 0.375. The van der Waals surface area contributed by atoms with Crippen LogP contribution in [0.25, 0.3) is 10.4 Å². The first kappa shape index (κ1) is 12.6. The largest absolute Gasteiger partial charge is 0.481 e. The lowest BCUT2D eigenvalue weighted by Gasteiger charge is -2.00. The highest BCUT2D eigenvalue weighted by Gasteiger charge is 2.06. The molecule has 0 bridgehead atoms. The first-order valence-electron chi connectivity index (χ1n) is 4.63. The number of carboxylic acid groups (broad SMARTS) is 1. The second-order valence-corrected chi connectivity index (χ2v) is 3.07. The maximum absolute atomic E-state index is 13.2. The molecule has 17 heavy (non-hydrogen) atoms. The summed E-state index contributed by atoms with van der Waals surface area (Å²) in [5, 5.41) is 11.8. The van der Waals surface area contributed by atoms with Crippen LogP contribution in [0.15, 0.2) is 23.3 Å². The number of aliphatic carboxylic acids is 1. The van der Waals surface area contributed by atoms with Gasteiger partial charge < -0.3 is 5.11 Å². The summed E-state index contributed by atoms with van der Waals surface area (Å²) in [7, 11) is 0. The number of hydrogen-bond acceptors (Lipinski definition) is 2. The van der Waals surface area contributed by atoms with Gasteiger partial charge in [0.25, 0.3) is 0 Å². The van der Waals surface area contributed by atoms with Crippen LogP contribution in [0.2, 0.25) is 0 Å². The molecule has 1 aromatic carbocycles. The molecule has 1 N–H and O–H groups in total. The van der Waals surface area contributed by atoms with E-state index in [-0.39, 0.29) is 12.1 Å². The van der Waals surface area contributed by atoms with Crippen LogP contribution >= 0.6 is 0 Å². The van der Waals surface area contributed by atoms with Crippen molar-refractivity contribution in [3.63, 3.8) is 0 Å². The lowest BCUT2D eigenvalue weighted by atomic mass is 10.1. The number of carbonyl (C=O) groups is 1. The average molecular weight is 233 g/mol. The van der Waals surface area contributed by atoms with Crippen LogP contribution in [0.4, 0.5) is 4.39 Å². The Kier molecular flexibility index (Phi) is 4.55. The molecule has 0 aromatic heterocycles. The smallest absolute Gasteiger partial charge is 0.307 e. The zero-order valence-corrected chi connectivity index (χ0v) is 8.72. The molecule has 0 unspecified atom stereocenters. The fourth-order valence-corrected chi connectivity index (χ4v) is 1.16. The van der Waals surface area contributed by atoms with Gasteiger partial charge in [0.2, 0.25) is 0 Å². The van der Waals surface area contributed by atoms with Gasteiger partial charge in [0, 0.05) is 16.0 Å². The number of rotatable bonds is 3. The van der Waals surface area contributed by atoms with Crippen LogP contribution < -0.4 is 0 Å². The minimum Gasteiger partial charge on any atom is -0.481 e. The van der Waals surface area contributed by atoms with Crippen LogP contribution in [-0.4, -0.2) is 17.6 Å². The second kappa shape index (κ2) is 6.16. The summed E-state index contributed by atoms with van der Waals surface area (Å²) in [4.78, 5) is 13.0. The molecule has 5 nitrogen and oxygen atoms in total. The molecule has 6 heteroatoms. The van der Waals surface area contributed by atoms with E-state index in [1.807, 2.05) is 0 Å². The van der Waals surface area contributed by atoms with Crippen molar-refractivity contribution in [2.24, 2.45) is 5.11 Å². The Morgan fingerprint density at radius 2 is 2.35 bits per heavy atom. The van der Waals surface area contributed by atoms with E-state index < -0.39 is 18.2 Å². The fourth-order valence-electron chi connectivity index (χ4n) is 1.16. The summed E-state index contributed by atoms with van der Waals surface area (Å²) < 4.78 is 13.2. The standard InChI is InChI=1S/C11H8FN3O2/c12-10-4-3-8(2-1-5-14-15-13)6-9(10)7-11(16)17/h3-4,6H,5,7H2,(H,16,17). The molecule has 0 amide bonds. The van der Waals surface area contributed by atoms with Crippen molar-refractivity contribution in [3.8, 4) is 11.8 Å². The number of halogens is 1. The van der Waals surface area contributed by atoms with Gasteiger partial charge in [-0.05, 0) is 23.7 Å². The Morgan fingerprint density at radius 1 is 1.59 bits per heavy atom. The maximum atomic E-state index is 13.2. The van der Waals surface area contributed by atoms with Crippen LogP contribution in [-0.2, 0) is 11.2 Å². The van der Waals surface area contributed by atoms with Crippen molar-refractivity contribution < 1.29 is 14.3 Å². The highest BCUT2D eigenvalue weighted by atomic mass is 19.1. The first-order valence-corrected chi connectivity index (χ1v) is 4.63. The minimum absolute atomic E-state index is 0.0160. The molecule has 0 aliphatic carbocycles. The number of hydrogen-bond donors (Lipinski definition) is 1. The zero-order valence-electron chi connectivity index (χ0n) is 8.72. The molecule has 0 aliphatic heterocycles. The molecule has 0 fully saturated rings. The average Bonchev–Trinajstić information content (AvgIpc) is 2.28. The van der Waals surface area contributed by atoms with Gasteiger partial charge in [0.05, 0.1) is 13.0 Å². The highest BCUT2D eigenvalue weighted by molar-refractivity contribution is 5.70. The Balaban J connectivity index is 2.90. The normalized spacial score (nSPS) is 8.76. The predicted octanol–water partition coefficient (Wildman–Crippen LogP) is 2.11. The van der Waals surface area contributed by atoms with Crippen molar-refractivity contribution in [1.82, 2.24) is 0 Å². The van der Waals surface area contributed by atoms with Crippen molar-refractivity contribution in [3.05, 3.63) is 45.6 Å². The highest BCUT2D eigenvalue weighted by Crippen LogP contribution is 2.10. The molecule has 0 atom stereocenters. The molecular formula is C11H8FN3O2. The number of nitrogens with zero attached hydrogens (tertiary/aromatic N) is 3. The zero-order chi connectivity index (χ0) is 12.7. The third kappa shape index (κ3) is 4.24. The predicted molar refractivity (Wildman–Crippen MR) is 58.6 cm³/mol. The molecule has 0 aliphatic rings. The van der Waals surface area contributed by atoms with Crippen molar-refractivity contribution in [2.75, 3.05) is 6.54 Å². The number of benzene rings is 1. The number of carboxylic acids is 1. The Hall–Kier alpha value is -2.51. The van der Waals surface area contributed by atoms with Crippen molar-refractivity contribution >= 4 is 5.97 Å². The Bertz CT molecular complexity index is 539. The summed E-state index contributed by atoms with van der Waals surface area (Å²) >= 11 is 0. The van der Waals surface area contributed by atoms with Gasteiger partial charge >= 0.3 is 5.97 Å². The van der Waals surface area contributed by atoms with Gasteiger partial charge in [-0.2, -0.15) is 0 Å². The van der Waals surface area contributed by atoms with E-state index in [9.17, 15) is 9.18 Å². The van der Waals surface area contributed by atoms with Crippen LogP contribution in [0.1, 0.15) is 11.1 Å². The summed E-state index contributed by atoms with van der Waals surface area (Å²) in [5.41, 5.74) is 8.58. The molecule has 1 aromatic rings. The van der Waals surface area contributed by atoms with Crippen molar-refractivity contribution in [2.45, 2.75) is 6.42 Å². The SMILES string of the molecule is [N-]=[N+]=NCC#Cc1ccc(F)c(CC(=O)O)c1. The van der Waals surface area contributed by atoms with Crippen LogP contribution in [0.5, 0.6) is 0 Å². The minimum atomic E-state index is -1.11. The van der Waals surface area contributed by atoms with E-state index in [2.05, 4.69) is 21.9 Å². The summed E-state index contributed by atoms with van der Waals surface area (Å²) in [5.74, 6) is 3.52. The molecule has 86 valence electrons. The second-order valence-electron chi connectivity index (χ2n) is 3.07. The van der Waals surface area contributed by atoms with Crippen LogP contribution in [0, 0.1) is 17.7 Å². The summed E-state index contributed by atoms with van der Waals surface area (Å²) in [6.07, 6.45) is -0.391. The first-order chi connectivity index (χ1) is 8.13. The van der Waals surface area contributed by atoms with E-state index in [0.717, 1.165) is 6.07 Å². The molecule has 0 spiro atoms. The van der Waals surface area contributed by atoms with E-state index in [1.165, 1.54) is 12.1 Å². The number of azide groups is 1. The van der Waals surface area contributed by atoms with Gasteiger partial charge in [-0.25, -0.2) is 4.39 Å². The molecule has 0 radical (unpaired) electrons. The topological polar surface area (TPSA) is 86.1 Å². The van der Waals surface area contributed by atoms with E-state index in [1.54, 1.807) is 0 Å². The summed E-state index contributed by atoms with van der Waals surface area (Å²) in [6.45, 7) is 0.0160. The van der Waals surface area contributed by atoms with Gasteiger partial charge in [-0.1, -0.05) is 17.0 Å². The molecule has 0 heterocycles. The fraction of sp³-hybridized carbons (Fsp3) is 0.182.